The largest absolute Gasteiger partial charge is 0.356 e. The molecule has 1 heterocycles. The van der Waals surface area contributed by atoms with Crippen LogP contribution in [0.2, 0.25) is 0 Å². The number of rotatable bonds is 7. The number of aliphatic imine (C=N–C) groups is 1. The minimum atomic E-state index is 0. The van der Waals surface area contributed by atoms with Gasteiger partial charge in [-0.15, -0.1) is 24.0 Å². The van der Waals surface area contributed by atoms with Crippen molar-refractivity contribution in [1.29, 1.82) is 0 Å². The van der Waals surface area contributed by atoms with Crippen LogP contribution in [0.3, 0.4) is 0 Å². The molecular weight excluding hydrogens is 411 g/mol. The van der Waals surface area contributed by atoms with Gasteiger partial charge in [-0.05, 0) is 36.8 Å². The van der Waals surface area contributed by atoms with Gasteiger partial charge in [-0.2, -0.15) is 0 Å². The van der Waals surface area contributed by atoms with Crippen molar-refractivity contribution in [2.75, 3.05) is 39.8 Å². The van der Waals surface area contributed by atoms with Gasteiger partial charge in [-0.25, -0.2) is 0 Å². The zero-order valence-corrected chi connectivity index (χ0v) is 17.6. The van der Waals surface area contributed by atoms with Gasteiger partial charge in [-0.1, -0.05) is 44.2 Å². The molecular formula is C19H33IN4. The van der Waals surface area contributed by atoms with Gasteiger partial charge < -0.3 is 15.5 Å². The van der Waals surface area contributed by atoms with E-state index in [9.17, 15) is 0 Å². The Labute approximate surface area is 164 Å². The molecule has 4 nitrogen and oxygen atoms in total. The van der Waals surface area contributed by atoms with Gasteiger partial charge in [0.15, 0.2) is 5.96 Å². The summed E-state index contributed by atoms with van der Waals surface area (Å²) in [6.45, 7) is 9.98. The van der Waals surface area contributed by atoms with E-state index >= 15 is 0 Å². The number of guanidine groups is 1. The molecule has 0 bridgehead atoms. The molecule has 0 saturated carbocycles. The summed E-state index contributed by atoms with van der Waals surface area (Å²) in [6.07, 6.45) is 2.43. The van der Waals surface area contributed by atoms with Crippen LogP contribution in [-0.4, -0.2) is 50.6 Å². The maximum absolute atomic E-state index is 4.30. The Morgan fingerprint density at radius 3 is 2.67 bits per heavy atom. The molecule has 136 valence electrons. The number of hydrogen-bond donors (Lipinski definition) is 2. The van der Waals surface area contributed by atoms with Crippen molar-refractivity contribution in [3.05, 3.63) is 35.9 Å². The highest BCUT2D eigenvalue weighted by Crippen LogP contribution is 2.15. The van der Waals surface area contributed by atoms with Crippen molar-refractivity contribution in [3.63, 3.8) is 0 Å². The maximum Gasteiger partial charge on any atom is 0.190 e. The van der Waals surface area contributed by atoms with Gasteiger partial charge in [0.25, 0.3) is 0 Å². The predicted octanol–water partition coefficient (Wildman–Crippen LogP) is 2.99. The Hall–Kier alpha value is -0.820. The van der Waals surface area contributed by atoms with Gasteiger partial charge in [0.2, 0.25) is 0 Å². The molecule has 1 unspecified atom stereocenters. The second-order valence-electron chi connectivity index (χ2n) is 6.92. The third-order valence-electron chi connectivity index (χ3n) is 4.39. The topological polar surface area (TPSA) is 39.7 Å². The fraction of sp³-hybridized carbons (Fsp3) is 0.632. The lowest BCUT2D eigenvalue weighted by molar-refractivity contribution is 0.328. The SMILES string of the molecule is CN=C(NCC(C)C)NCC1CCN(CCc2ccccc2)C1.I. The minimum Gasteiger partial charge on any atom is -0.356 e. The standard InChI is InChI=1S/C19H32N4.HI/c1-16(2)13-21-19(20-3)22-14-18-10-12-23(15-18)11-9-17-7-5-4-6-8-17;/h4-8,16,18H,9-15H2,1-3H3,(H2,20,21,22);1H. The number of nitrogens with zero attached hydrogens (tertiary/aromatic N) is 2. The Morgan fingerprint density at radius 1 is 1.25 bits per heavy atom. The lowest BCUT2D eigenvalue weighted by Crippen LogP contribution is -2.41. The smallest absolute Gasteiger partial charge is 0.190 e. The molecule has 1 aromatic carbocycles. The summed E-state index contributed by atoms with van der Waals surface area (Å²) in [4.78, 5) is 6.88. The van der Waals surface area contributed by atoms with E-state index in [1.165, 1.54) is 31.6 Å². The number of nitrogens with one attached hydrogen (secondary N) is 2. The molecule has 0 radical (unpaired) electrons. The van der Waals surface area contributed by atoms with Crippen LogP contribution in [0.15, 0.2) is 35.3 Å². The summed E-state index contributed by atoms with van der Waals surface area (Å²) < 4.78 is 0. The second kappa shape index (κ2) is 11.7. The van der Waals surface area contributed by atoms with Gasteiger partial charge in [0, 0.05) is 33.2 Å². The van der Waals surface area contributed by atoms with Gasteiger partial charge in [-0.3, -0.25) is 4.99 Å². The number of hydrogen-bond acceptors (Lipinski definition) is 2. The van der Waals surface area contributed by atoms with E-state index in [1.807, 2.05) is 7.05 Å². The van der Waals surface area contributed by atoms with Crippen LogP contribution in [-0.2, 0) is 6.42 Å². The first-order valence-electron chi connectivity index (χ1n) is 8.88. The molecule has 1 aliphatic rings. The quantitative estimate of drug-likeness (QED) is 0.386. The maximum atomic E-state index is 4.30. The van der Waals surface area contributed by atoms with Gasteiger partial charge in [0.05, 0.1) is 0 Å². The van der Waals surface area contributed by atoms with Crippen molar-refractivity contribution >= 4 is 29.9 Å². The van der Waals surface area contributed by atoms with Crippen LogP contribution in [0.5, 0.6) is 0 Å². The molecule has 1 aliphatic heterocycles. The molecule has 24 heavy (non-hydrogen) atoms. The average Bonchev–Trinajstić information content (AvgIpc) is 3.02. The van der Waals surface area contributed by atoms with Crippen LogP contribution in [0.4, 0.5) is 0 Å². The van der Waals surface area contributed by atoms with Crippen molar-refractivity contribution in [3.8, 4) is 0 Å². The van der Waals surface area contributed by atoms with E-state index in [0.717, 1.165) is 31.4 Å². The molecule has 1 aromatic rings. The zero-order chi connectivity index (χ0) is 16.5. The fourth-order valence-electron chi connectivity index (χ4n) is 2.98. The average molecular weight is 444 g/mol. The molecule has 1 fully saturated rings. The van der Waals surface area contributed by atoms with E-state index in [0.29, 0.717) is 5.92 Å². The van der Waals surface area contributed by atoms with E-state index in [1.54, 1.807) is 0 Å². The first-order valence-corrected chi connectivity index (χ1v) is 8.88. The number of likely N-dealkylation sites (tertiary alicyclic amines) is 1. The molecule has 1 saturated heterocycles. The normalized spacial score (nSPS) is 18.5. The first-order chi connectivity index (χ1) is 11.2. The first kappa shape index (κ1) is 21.2. The third-order valence-corrected chi connectivity index (χ3v) is 4.39. The molecule has 2 rings (SSSR count). The third kappa shape index (κ3) is 7.83. The minimum absolute atomic E-state index is 0. The summed E-state index contributed by atoms with van der Waals surface area (Å²) >= 11 is 0. The monoisotopic (exact) mass is 444 g/mol. The Balaban J connectivity index is 0.00000288. The summed E-state index contributed by atoms with van der Waals surface area (Å²) in [5.41, 5.74) is 1.44. The Kier molecular flexibility index (Phi) is 10.3. The van der Waals surface area contributed by atoms with E-state index < -0.39 is 0 Å². The van der Waals surface area contributed by atoms with Crippen LogP contribution >= 0.6 is 24.0 Å². The van der Waals surface area contributed by atoms with Crippen LogP contribution in [0.25, 0.3) is 0 Å². The van der Waals surface area contributed by atoms with Crippen LogP contribution in [0, 0.1) is 11.8 Å². The summed E-state index contributed by atoms with van der Waals surface area (Å²) in [5.74, 6) is 2.29. The summed E-state index contributed by atoms with van der Waals surface area (Å²) in [7, 11) is 1.84. The fourth-order valence-corrected chi connectivity index (χ4v) is 2.98. The molecule has 0 spiro atoms. The van der Waals surface area contributed by atoms with E-state index in [4.69, 9.17) is 0 Å². The highest BCUT2D eigenvalue weighted by Gasteiger charge is 2.22. The lowest BCUT2D eigenvalue weighted by atomic mass is 10.1. The van der Waals surface area contributed by atoms with Gasteiger partial charge in [0.1, 0.15) is 0 Å². The molecule has 1 atom stereocenters. The Bertz CT molecular complexity index is 476. The molecule has 0 aromatic heterocycles. The molecule has 0 aliphatic carbocycles. The van der Waals surface area contributed by atoms with Crippen molar-refractivity contribution in [1.82, 2.24) is 15.5 Å². The summed E-state index contributed by atoms with van der Waals surface area (Å²) in [6, 6.07) is 10.8. The lowest BCUT2D eigenvalue weighted by Gasteiger charge is -2.18. The molecule has 5 heteroatoms. The molecule has 2 N–H and O–H groups in total. The predicted molar refractivity (Wildman–Crippen MR) is 114 cm³/mol. The molecule has 0 amide bonds. The zero-order valence-electron chi connectivity index (χ0n) is 15.3. The van der Waals surface area contributed by atoms with E-state index in [-0.39, 0.29) is 24.0 Å². The number of benzene rings is 1. The van der Waals surface area contributed by atoms with E-state index in [2.05, 4.69) is 64.7 Å². The highest BCUT2D eigenvalue weighted by atomic mass is 127. The Morgan fingerprint density at radius 2 is 2.00 bits per heavy atom. The number of halogens is 1. The van der Waals surface area contributed by atoms with Gasteiger partial charge >= 0.3 is 0 Å². The van der Waals surface area contributed by atoms with Crippen molar-refractivity contribution < 1.29 is 0 Å². The van der Waals surface area contributed by atoms with Crippen LogP contribution in [0.1, 0.15) is 25.8 Å². The van der Waals surface area contributed by atoms with Crippen molar-refractivity contribution in [2.45, 2.75) is 26.7 Å². The van der Waals surface area contributed by atoms with Crippen molar-refractivity contribution in [2.24, 2.45) is 16.8 Å². The highest BCUT2D eigenvalue weighted by molar-refractivity contribution is 14.0. The van der Waals surface area contributed by atoms with Crippen LogP contribution < -0.4 is 10.6 Å². The summed E-state index contributed by atoms with van der Waals surface area (Å²) in [5, 5.41) is 6.85. The second-order valence-corrected chi connectivity index (χ2v) is 6.92.